The smallest absolute Gasteiger partial charge is 0.325 e. The van der Waals surface area contributed by atoms with Crippen molar-refractivity contribution < 1.29 is 13.2 Å². The van der Waals surface area contributed by atoms with Crippen molar-refractivity contribution in [2.24, 2.45) is 0 Å². The van der Waals surface area contributed by atoms with Gasteiger partial charge in [-0.2, -0.15) is 18.4 Å². The molecule has 25 heavy (non-hydrogen) atoms. The summed E-state index contributed by atoms with van der Waals surface area (Å²) in [6.45, 7) is 1.87. The van der Waals surface area contributed by atoms with E-state index in [9.17, 15) is 13.2 Å². The van der Waals surface area contributed by atoms with Crippen molar-refractivity contribution in [1.82, 2.24) is 9.55 Å². The van der Waals surface area contributed by atoms with Crippen molar-refractivity contribution >= 4 is 33.6 Å². The number of hydrogen-bond acceptors (Lipinski definition) is 2. The van der Waals surface area contributed by atoms with Crippen LogP contribution in [0.1, 0.15) is 22.4 Å². The molecule has 0 atom stereocenters. The summed E-state index contributed by atoms with van der Waals surface area (Å²) < 4.78 is 42.5. The topological polar surface area (TPSA) is 41.6 Å². The number of nitriles is 1. The molecule has 3 rings (SSSR count). The molecule has 0 saturated heterocycles. The Morgan fingerprint density at radius 3 is 2.72 bits per heavy atom. The van der Waals surface area contributed by atoms with E-state index in [1.807, 2.05) is 35.6 Å². The average molecular weight is 455 g/mol. The Bertz CT molecular complexity index is 984. The molecule has 0 radical (unpaired) electrons. The third-order valence-corrected chi connectivity index (χ3v) is 4.84. The third kappa shape index (κ3) is 3.35. The zero-order chi connectivity index (χ0) is 18.2. The van der Waals surface area contributed by atoms with E-state index >= 15 is 0 Å². The zero-order valence-electron chi connectivity index (χ0n) is 13.2. The maximum atomic E-state index is 13.4. The number of fused-ring (bicyclic) bond motifs is 1. The molecule has 0 unspecified atom stereocenters. The molecule has 3 aromatic rings. The zero-order valence-corrected chi connectivity index (χ0v) is 15.4. The first-order valence-corrected chi connectivity index (χ1v) is 8.56. The van der Waals surface area contributed by atoms with E-state index in [1.165, 1.54) is 6.07 Å². The second-order valence-electron chi connectivity index (χ2n) is 5.66. The predicted molar refractivity (Wildman–Crippen MR) is 97.1 cm³/mol. The minimum atomic E-state index is -4.42. The lowest BCUT2D eigenvalue weighted by Gasteiger charge is -2.15. The fourth-order valence-electron chi connectivity index (χ4n) is 2.98. The van der Waals surface area contributed by atoms with Crippen LogP contribution in [0.4, 0.5) is 13.2 Å². The Labute approximate surface area is 156 Å². The van der Waals surface area contributed by atoms with E-state index in [0.29, 0.717) is 9.22 Å². The number of alkyl halides is 3. The van der Waals surface area contributed by atoms with Crippen LogP contribution in [0.5, 0.6) is 0 Å². The average Bonchev–Trinajstić information content (AvgIpc) is 2.82. The molecule has 2 aromatic heterocycles. The second kappa shape index (κ2) is 6.67. The molecule has 0 N–H and O–H groups in total. The van der Waals surface area contributed by atoms with Crippen LogP contribution in [0.15, 0.2) is 36.5 Å². The molecule has 128 valence electrons. The molecule has 0 fully saturated rings. The Morgan fingerprint density at radius 2 is 2.04 bits per heavy atom. The molecule has 0 amide bonds. The van der Waals surface area contributed by atoms with Gasteiger partial charge < -0.3 is 4.57 Å². The van der Waals surface area contributed by atoms with E-state index in [1.54, 1.807) is 22.9 Å². The highest BCUT2D eigenvalue weighted by molar-refractivity contribution is 14.1. The first-order chi connectivity index (χ1) is 11.8. The summed E-state index contributed by atoms with van der Waals surface area (Å²) in [4.78, 5) is 4.32. The third-order valence-electron chi connectivity index (χ3n) is 4.17. The number of benzene rings is 1. The molecule has 0 aliphatic heterocycles. The van der Waals surface area contributed by atoms with E-state index in [4.69, 9.17) is 5.26 Å². The normalized spacial score (nSPS) is 11.7. The molecular weight excluding hydrogens is 442 g/mol. The standard InChI is InChI=1S/C18H13F3IN3/c1-11-14(6-7-23)15-3-2-8-24-17(15)25(11)10-12-4-5-13(22)9-16(12)18(19,20)21/h2-5,8-9H,6,10H2,1H3. The highest BCUT2D eigenvalue weighted by Gasteiger charge is 2.33. The van der Waals surface area contributed by atoms with Crippen molar-refractivity contribution in [3.8, 4) is 6.07 Å². The fraction of sp³-hybridized carbons (Fsp3) is 0.222. The van der Waals surface area contributed by atoms with Gasteiger partial charge in [-0.25, -0.2) is 4.98 Å². The number of nitrogens with zero attached hydrogens (tertiary/aromatic N) is 3. The van der Waals surface area contributed by atoms with Crippen molar-refractivity contribution in [2.45, 2.75) is 26.1 Å². The van der Waals surface area contributed by atoms with Gasteiger partial charge >= 0.3 is 6.18 Å². The molecular formula is C18H13F3IN3. The number of pyridine rings is 1. The van der Waals surface area contributed by atoms with Crippen molar-refractivity contribution in [3.63, 3.8) is 0 Å². The minimum Gasteiger partial charge on any atom is -0.325 e. The first kappa shape index (κ1) is 17.7. The number of halogens is 4. The van der Waals surface area contributed by atoms with Gasteiger partial charge in [-0.1, -0.05) is 6.07 Å². The number of aromatic nitrogens is 2. The van der Waals surface area contributed by atoms with Gasteiger partial charge in [0.25, 0.3) is 0 Å². The lowest BCUT2D eigenvalue weighted by molar-refractivity contribution is -0.138. The van der Waals surface area contributed by atoms with Gasteiger partial charge in [-0.15, -0.1) is 0 Å². The number of rotatable bonds is 3. The summed E-state index contributed by atoms with van der Waals surface area (Å²) in [5.41, 5.74) is 1.71. The Hall–Kier alpha value is -2.08. The van der Waals surface area contributed by atoms with Gasteiger partial charge in [-0.3, -0.25) is 0 Å². The first-order valence-electron chi connectivity index (χ1n) is 7.48. The van der Waals surface area contributed by atoms with E-state index in [2.05, 4.69) is 11.1 Å². The maximum Gasteiger partial charge on any atom is 0.416 e. The monoisotopic (exact) mass is 455 g/mol. The number of hydrogen-bond donors (Lipinski definition) is 0. The highest BCUT2D eigenvalue weighted by Crippen LogP contribution is 2.34. The van der Waals surface area contributed by atoms with Gasteiger partial charge in [0.15, 0.2) is 0 Å². The van der Waals surface area contributed by atoms with E-state index in [0.717, 1.165) is 22.7 Å². The fourth-order valence-corrected chi connectivity index (χ4v) is 3.47. The maximum absolute atomic E-state index is 13.4. The van der Waals surface area contributed by atoms with Crippen LogP contribution < -0.4 is 0 Å². The SMILES string of the molecule is Cc1c(CC#N)c2cccnc2n1Cc1ccc(I)cc1C(F)(F)F. The van der Waals surface area contributed by atoms with Crippen LogP contribution in [-0.2, 0) is 19.1 Å². The molecule has 0 saturated carbocycles. The Kier molecular flexibility index (Phi) is 4.73. The largest absolute Gasteiger partial charge is 0.416 e. The van der Waals surface area contributed by atoms with Gasteiger partial charge in [0.2, 0.25) is 0 Å². The molecule has 0 aliphatic rings. The summed E-state index contributed by atoms with van der Waals surface area (Å²) >= 11 is 1.87. The van der Waals surface area contributed by atoms with Crippen LogP contribution in [0.25, 0.3) is 11.0 Å². The summed E-state index contributed by atoms with van der Waals surface area (Å²) in [6.07, 6.45) is -2.62. The molecule has 2 heterocycles. The molecule has 1 aromatic carbocycles. The molecule has 0 aliphatic carbocycles. The van der Waals surface area contributed by atoms with Crippen molar-refractivity contribution in [2.75, 3.05) is 0 Å². The van der Waals surface area contributed by atoms with Crippen molar-refractivity contribution in [1.29, 1.82) is 5.26 Å². The minimum absolute atomic E-state index is 0.0521. The van der Waals surface area contributed by atoms with Gasteiger partial charge in [0, 0.05) is 27.4 Å². The summed E-state index contributed by atoms with van der Waals surface area (Å²) in [6, 6.07) is 10.0. The molecule has 0 bridgehead atoms. The van der Waals surface area contributed by atoms with E-state index in [-0.39, 0.29) is 18.5 Å². The van der Waals surface area contributed by atoms with E-state index < -0.39 is 11.7 Å². The summed E-state index contributed by atoms with van der Waals surface area (Å²) in [5.74, 6) is 0. The highest BCUT2D eigenvalue weighted by atomic mass is 127. The van der Waals surface area contributed by atoms with Crippen LogP contribution in [0.3, 0.4) is 0 Å². The van der Waals surface area contributed by atoms with Gasteiger partial charge in [0.05, 0.1) is 18.1 Å². The van der Waals surface area contributed by atoms with Crippen LogP contribution in [0.2, 0.25) is 0 Å². The summed E-state index contributed by atoms with van der Waals surface area (Å²) in [5, 5.41) is 9.86. The van der Waals surface area contributed by atoms with Gasteiger partial charge in [0.1, 0.15) is 5.65 Å². The van der Waals surface area contributed by atoms with Gasteiger partial charge in [-0.05, 0) is 64.9 Å². The quantitative estimate of drug-likeness (QED) is 0.517. The molecule has 0 spiro atoms. The van der Waals surface area contributed by atoms with Crippen molar-refractivity contribution in [3.05, 3.63) is 62.5 Å². The van der Waals surface area contributed by atoms with Crippen LogP contribution in [0, 0.1) is 21.8 Å². The molecule has 7 heteroatoms. The predicted octanol–water partition coefficient (Wildman–Crippen LogP) is 5.08. The molecule has 3 nitrogen and oxygen atoms in total. The van der Waals surface area contributed by atoms with Crippen LogP contribution in [-0.4, -0.2) is 9.55 Å². The van der Waals surface area contributed by atoms with Crippen LogP contribution >= 0.6 is 22.6 Å². The lowest BCUT2D eigenvalue weighted by Crippen LogP contribution is -2.13. The Balaban J connectivity index is 2.17. The second-order valence-corrected chi connectivity index (χ2v) is 6.90. The summed E-state index contributed by atoms with van der Waals surface area (Å²) in [7, 11) is 0. The Morgan fingerprint density at radius 1 is 1.28 bits per heavy atom. The lowest BCUT2D eigenvalue weighted by atomic mass is 10.1.